The Kier molecular flexibility index (Phi) is 15.5. The number of hydrogen-bond donors (Lipinski definition) is 0. The van der Waals surface area contributed by atoms with Gasteiger partial charge in [-0.1, -0.05) is 170 Å². The highest BCUT2D eigenvalue weighted by atomic mass is 79.9. The Morgan fingerprint density at radius 1 is 0.265 bits per heavy atom. The van der Waals surface area contributed by atoms with E-state index in [0.717, 1.165) is 11.2 Å². The van der Waals surface area contributed by atoms with Crippen molar-refractivity contribution < 1.29 is 9.31 Å². The van der Waals surface area contributed by atoms with E-state index in [9.17, 15) is 0 Å². The fourth-order valence-electron chi connectivity index (χ4n) is 15.0. The second kappa shape index (κ2) is 25.0. The van der Waals surface area contributed by atoms with Crippen molar-refractivity contribution in [3.8, 4) is 49.3 Å². The van der Waals surface area contributed by atoms with Gasteiger partial charge in [0.15, 0.2) is 0 Å². The summed E-state index contributed by atoms with van der Waals surface area (Å²) >= 11 is 14.6. The van der Waals surface area contributed by atoms with Crippen LogP contribution >= 0.6 is 77.2 Å². The molecule has 0 radical (unpaired) electrons. The molecule has 0 aliphatic carbocycles. The van der Waals surface area contributed by atoms with Crippen LogP contribution in [-0.4, -0.2) is 41.2 Å². The molecular formula is C88H62BBr2N5O2S4. The third-order valence-corrected chi connectivity index (χ3v) is 26.3. The highest BCUT2D eigenvalue weighted by molar-refractivity contribution is 9.11. The van der Waals surface area contributed by atoms with Crippen molar-refractivity contribution >= 4 is 196 Å². The van der Waals surface area contributed by atoms with Gasteiger partial charge in [-0.25, -0.2) is 0 Å². The maximum absolute atomic E-state index is 6.27. The first-order valence-electron chi connectivity index (χ1n) is 34.1. The van der Waals surface area contributed by atoms with Crippen LogP contribution in [0.3, 0.4) is 0 Å². The second-order valence-electron chi connectivity index (χ2n) is 26.9. The Morgan fingerprint density at radius 3 is 0.892 bits per heavy atom. The predicted octanol–water partition coefficient (Wildman–Crippen LogP) is 25.9. The van der Waals surface area contributed by atoms with E-state index in [2.05, 4.69) is 380 Å². The van der Waals surface area contributed by atoms with Crippen molar-refractivity contribution in [3.05, 3.63) is 311 Å². The zero-order chi connectivity index (χ0) is 68.5. The highest BCUT2D eigenvalue weighted by Crippen LogP contribution is 2.50. The van der Waals surface area contributed by atoms with E-state index in [0.29, 0.717) is 0 Å². The molecule has 20 aromatic rings. The lowest BCUT2D eigenvalue weighted by Gasteiger charge is -2.32. The van der Waals surface area contributed by atoms with Gasteiger partial charge in [-0.05, 0) is 210 Å². The molecule has 11 aromatic carbocycles. The van der Waals surface area contributed by atoms with Crippen LogP contribution in [0, 0.1) is 0 Å². The minimum Gasteiger partial charge on any atom is -0.399 e. The topological polar surface area (TPSA) is 43.1 Å². The van der Waals surface area contributed by atoms with Crippen molar-refractivity contribution in [1.82, 2.24) is 22.8 Å². The molecule has 0 bridgehead atoms. The van der Waals surface area contributed by atoms with Crippen LogP contribution < -0.4 is 5.46 Å². The van der Waals surface area contributed by atoms with Gasteiger partial charge in [0.05, 0.1) is 92.7 Å². The van der Waals surface area contributed by atoms with Crippen LogP contribution in [0.2, 0.25) is 0 Å². The molecule has 0 N–H and O–H groups in total. The summed E-state index contributed by atoms with van der Waals surface area (Å²) in [4.78, 5) is 2.56. The van der Waals surface area contributed by atoms with E-state index in [4.69, 9.17) is 9.31 Å². The van der Waals surface area contributed by atoms with Gasteiger partial charge >= 0.3 is 7.12 Å². The molecule has 1 fully saturated rings. The van der Waals surface area contributed by atoms with E-state index in [1.54, 1.807) is 22.7 Å². The summed E-state index contributed by atoms with van der Waals surface area (Å²) in [5.74, 6) is 0. The Labute approximate surface area is 621 Å². The van der Waals surface area contributed by atoms with Gasteiger partial charge in [0.25, 0.3) is 0 Å². The molecule has 7 nitrogen and oxygen atoms in total. The van der Waals surface area contributed by atoms with E-state index in [1.807, 2.05) is 28.7 Å². The van der Waals surface area contributed by atoms with Crippen molar-refractivity contribution in [2.45, 2.75) is 38.9 Å². The van der Waals surface area contributed by atoms with E-state index in [-0.39, 0.29) is 18.3 Å². The maximum Gasteiger partial charge on any atom is 0.494 e. The monoisotopic (exact) mass is 1520 g/mol. The van der Waals surface area contributed by atoms with Gasteiger partial charge in [0, 0.05) is 70.5 Å². The summed E-state index contributed by atoms with van der Waals surface area (Å²) in [5, 5.41) is 7.54. The van der Waals surface area contributed by atoms with Gasteiger partial charge in [0.2, 0.25) is 0 Å². The molecule has 0 saturated carbocycles. The SMILES string of the molecule is Brc1cc2c(s1)c1sc(Br)cc1n2-c1ccccc1.CC1(C)OB(c2ccc3c(c2)c2ccccc2n3-c2ccccc2)OC1(C)C.c1ccc(-n2c3ccccc3c3cc(-c4cc5c(s4)c4sc(-c6ccc7c(c6)c6ccccc6n7-c6ccccc6)cc4n5-c4ccccc4)ccc32)cc1. The molecule has 1 saturated heterocycles. The molecule has 102 heavy (non-hydrogen) atoms. The van der Waals surface area contributed by atoms with Gasteiger partial charge in [-0.2, -0.15) is 0 Å². The summed E-state index contributed by atoms with van der Waals surface area (Å²) in [6, 6.07) is 109. The van der Waals surface area contributed by atoms with Crippen LogP contribution in [0.5, 0.6) is 0 Å². The third kappa shape index (κ3) is 10.5. The molecule has 9 aromatic heterocycles. The summed E-state index contributed by atoms with van der Waals surface area (Å²) in [6.45, 7) is 8.36. The van der Waals surface area contributed by atoms with Crippen molar-refractivity contribution in [2.75, 3.05) is 0 Å². The first kappa shape index (κ1) is 63.1. The Morgan fingerprint density at radius 2 is 0.539 bits per heavy atom. The van der Waals surface area contributed by atoms with Crippen LogP contribution in [-0.2, 0) is 9.31 Å². The largest absolute Gasteiger partial charge is 0.494 e. The highest BCUT2D eigenvalue weighted by Gasteiger charge is 2.52. The Bertz CT molecular complexity index is 6340. The third-order valence-electron chi connectivity index (χ3n) is 20.4. The van der Waals surface area contributed by atoms with Crippen molar-refractivity contribution in [3.63, 3.8) is 0 Å². The fourth-order valence-corrected chi connectivity index (χ4v) is 20.7. The lowest BCUT2D eigenvalue weighted by Crippen LogP contribution is -2.41. The Hall–Kier alpha value is -9.84. The van der Waals surface area contributed by atoms with Crippen LogP contribution in [0.4, 0.5) is 0 Å². The van der Waals surface area contributed by atoms with E-state index < -0.39 is 0 Å². The number of halogens is 2. The van der Waals surface area contributed by atoms with Gasteiger partial charge in [0.1, 0.15) is 0 Å². The van der Waals surface area contributed by atoms with Crippen molar-refractivity contribution in [1.29, 1.82) is 0 Å². The number of hydrogen-bond acceptors (Lipinski definition) is 6. The number of thiophene rings is 4. The summed E-state index contributed by atoms with van der Waals surface area (Å²) < 4.78 is 32.1. The van der Waals surface area contributed by atoms with Crippen molar-refractivity contribution in [2.24, 2.45) is 0 Å². The first-order valence-corrected chi connectivity index (χ1v) is 38.9. The molecule has 1 aliphatic rings. The lowest BCUT2D eigenvalue weighted by atomic mass is 9.78. The zero-order valence-electron chi connectivity index (χ0n) is 55.9. The number of para-hydroxylation sites is 8. The van der Waals surface area contributed by atoms with Gasteiger partial charge in [-0.15, -0.1) is 45.3 Å². The predicted molar refractivity (Wildman–Crippen MR) is 445 cm³/mol. The standard InChI is InChI=1S/C50H31N3S2.C24H24BNO2.C14H7Br2NS2/c1-4-14-34(15-5-1)51-41-22-12-10-20-37(41)39-28-32(24-26-43(39)51)47-30-45-49(54-47)50-46(53(45)36-18-8-3-9-19-36)31-48(55-50)33-25-27-44-40(29-33)38-21-11-13-23-42(38)52(44)35-16-6-2-7-17-35;1-23(2)24(3,4)28-25(27-23)17-14-15-22-20(16-17)19-12-8-9-13-21(19)26(22)18-10-6-5-7-11-18;15-11-6-9-13(18-11)14-10(7-12(16)19-14)17(9)8-4-2-1-3-5-8/h1-31H;5-16H,1-4H3;1-7H. The number of nitrogens with zero attached hydrogens (tertiary/aromatic N) is 5. The minimum absolute atomic E-state index is 0.343. The number of rotatable bonds is 8. The second-order valence-corrected chi connectivity index (χ2v) is 33.9. The molecule has 0 amide bonds. The molecule has 1 aliphatic heterocycles. The average molecular weight is 1520 g/mol. The molecule has 0 unspecified atom stereocenters. The van der Waals surface area contributed by atoms with E-state index in [1.165, 1.54) is 157 Å². The number of benzene rings is 11. The minimum atomic E-state index is -0.353. The average Bonchev–Trinajstić information content (AvgIpc) is 1.56. The first-order chi connectivity index (χ1) is 49.9. The lowest BCUT2D eigenvalue weighted by molar-refractivity contribution is 0.00578. The number of aromatic nitrogens is 5. The number of fused-ring (bicyclic) bond motifs is 15. The molecule has 14 heteroatoms. The summed E-state index contributed by atoms with van der Waals surface area (Å²) in [5.41, 5.74) is 21.1. The molecular weight excluding hydrogens is 1460 g/mol. The fraction of sp³-hybridized carbons (Fsp3) is 0.0682. The molecule has 10 heterocycles. The molecule has 0 spiro atoms. The van der Waals surface area contributed by atoms with Crippen LogP contribution in [0.15, 0.2) is 311 Å². The normalized spacial score (nSPS) is 13.6. The molecule has 0 atom stereocenters. The van der Waals surface area contributed by atoms with Gasteiger partial charge in [-0.3, -0.25) is 0 Å². The summed E-state index contributed by atoms with van der Waals surface area (Å²) in [6.07, 6.45) is 0. The smallest absolute Gasteiger partial charge is 0.399 e. The van der Waals surface area contributed by atoms with Gasteiger partial charge < -0.3 is 32.1 Å². The maximum atomic E-state index is 6.27. The van der Waals surface area contributed by atoms with E-state index >= 15 is 0 Å². The quantitative estimate of drug-likeness (QED) is 0.142. The Balaban J connectivity index is 0.000000126. The van der Waals surface area contributed by atoms with Crippen LogP contribution in [0.25, 0.3) is 156 Å². The summed E-state index contributed by atoms with van der Waals surface area (Å²) in [7, 11) is -0.353. The van der Waals surface area contributed by atoms with Crippen LogP contribution in [0.1, 0.15) is 27.7 Å². The zero-order valence-corrected chi connectivity index (χ0v) is 62.3. The molecule has 21 rings (SSSR count). The molecule has 492 valence electrons.